The number of nitrogens with two attached hydrogens (primary N) is 1. The van der Waals surface area contributed by atoms with Gasteiger partial charge < -0.3 is 18.9 Å². The second-order valence-electron chi connectivity index (χ2n) is 13.8. The predicted octanol–water partition coefficient (Wildman–Crippen LogP) is 5.57. The lowest BCUT2D eigenvalue weighted by molar-refractivity contribution is -0.928. The van der Waals surface area contributed by atoms with Crippen LogP contribution in [0, 0.1) is 12.7 Å². The Morgan fingerprint density at radius 2 is 1.58 bits per heavy atom. The van der Waals surface area contributed by atoms with E-state index in [1.165, 1.54) is 49.6 Å². The molecule has 0 aromatic heterocycles. The molecule has 12 nitrogen and oxygen atoms in total. The first-order chi connectivity index (χ1) is 23.3. The third-order valence-electron chi connectivity index (χ3n) is 8.37. The van der Waals surface area contributed by atoms with E-state index >= 15 is 14.0 Å². The second-order valence-corrected chi connectivity index (χ2v) is 14.2. The van der Waals surface area contributed by atoms with Gasteiger partial charge in [0.15, 0.2) is 0 Å². The van der Waals surface area contributed by atoms with Gasteiger partial charge in [-0.25, -0.2) is 19.8 Å². The Hall–Kier alpha value is -4.56. The summed E-state index contributed by atoms with van der Waals surface area (Å²) in [5.41, 5.74) is 0.214. The number of hydrogen-bond acceptors (Lipinski definition) is 9. The number of carbonyl (C=O) groups excluding carboxylic acids is 4. The lowest BCUT2D eigenvalue weighted by Gasteiger charge is -2.53. The molecule has 0 radical (unpaired) electrons. The number of quaternary nitrogens is 1. The van der Waals surface area contributed by atoms with Crippen LogP contribution < -0.4 is 25.5 Å². The van der Waals surface area contributed by atoms with Gasteiger partial charge in [-0.05, 0) is 108 Å². The number of hydrogen-bond donors (Lipinski definition) is 2. The number of carbonyl (C=O) groups is 4. The summed E-state index contributed by atoms with van der Waals surface area (Å²) in [5.74, 6) is 1.01. The summed E-state index contributed by atoms with van der Waals surface area (Å²) < 4.78 is 36.9. The molecule has 2 atom stereocenters. The predicted molar refractivity (Wildman–Crippen MR) is 183 cm³/mol. The molecule has 268 valence electrons. The summed E-state index contributed by atoms with van der Waals surface area (Å²) in [6, 6.07) is 11.1. The van der Waals surface area contributed by atoms with Gasteiger partial charge in [0.05, 0.1) is 38.3 Å². The lowest BCUT2D eigenvalue weighted by Crippen LogP contribution is -2.79. The minimum absolute atomic E-state index is 0.0355. The molecule has 3 aromatic carbocycles. The van der Waals surface area contributed by atoms with Gasteiger partial charge in [0.25, 0.3) is 11.7 Å². The average molecular weight is 714 g/mol. The van der Waals surface area contributed by atoms with Crippen LogP contribution in [-0.4, -0.2) is 64.3 Å². The van der Waals surface area contributed by atoms with Crippen LogP contribution in [0.5, 0.6) is 17.2 Å². The summed E-state index contributed by atoms with van der Waals surface area (Å²) in [5, 5.41) is 1.17. The van der Waals surface area contributed by atoms with E-state index in [0.29, 0.717) is 28.4 Å². The van der Waals surface area contributed by atoms with E-state index in [4.69, 9.17) is 36.4 Å². The molecule has 0 spiro atoms. The zero-order chi connectivity index (χ0) is 37.3. The number of rotatable bonds is 7. The molecule has 14 heteroatoms. The van der Waals surface area contributed by atoms with E-state index in [9.17, 15) is 9.59 Å². The van der Waals surface area contributed by atoms with Gasteiger partial charge in [-0.15, -0.1) is 0 Å². The third kappa shape index (κ3) is 7.04. The fraction of sp³-hybridized carbons (Fsp3) is 0.389. The number of methoxy groups -OCH3 is 2. The van der Waals surface area contributed by atoms with E-state index < -0.39 is 56.4 Å². The van der Waals surface area contributed by atoms with Gasteiger partial charge in [-0.1, -0.05) is 10.7 Å². The lowest BCUT2D eigenvalue weighted by atomic mass is 9.94. The first kappa shape index (κ1) is 38.2. The summed E-state index contributed by atoms with van der Waals surface area (Å²) >= 11 is 5.99. The number of amides is 4. The molecule has 3 N–H and O–H groups in total. The van der Waals surface area contributed by atoms with Gasteiger partial charge >= 0.3 is 11.8 Å². The van der Waals surface area contributed by atoms with Crippen molar-refractivity contribution in [3.05, 3.63) is 87.7 Å². The van der Waals surface area contributed by atoms with Crippen molar-refractivity contribution >= 4 is 35.2 Å². The molecule has 0 saturated carbocycles. The molecule has 4 rings (SSSR count). The molecule has 4 amide bonds. The summed E-state index contributed by atoms with van der Waals surface area (Å²) in [6.07, 6.45) is -0.258. The number of hydrazine groups is 1. The highest BCUT2D eigenvalue weighted by atomic mass is 35.5. The third-order valence-corrected chi connectivity index (χ3v) is 8.59. The number of nitrogens with zero attached hydrogens (tertiary/aromatic N) is 2. The van der Waals surface area contributed by atoms with E-state index in [1.807, 2.05) is 5.43 Å². The quantitative estimate of drug-likeness (QED) is 0.0802. The van der Waals surface area contributed by atoms with Crippen LogP contribution in [0.1, 0.15) is 89.3 Å². The van der Waals surface area contributed by atoms with Crippen molar-refractivity contribution in [3.8, 4) is 17.2 Å². The zero-order valence-corrected chi connectivity index (χ0v) is 30.4. The number of imide groups is 1. The van der Waals surface area contributed by atoms with E-state index in [2.05, 4.69) is 0 Å². The highest BCUT2D eigenvalue weighted by Gasteiger charge is 2.64. The van der Waals surface area contributed by atoms with Gasteiger partial charge in [-0.3, -0.25) is 15.0 Å². The van der Waals surface area contributed by atoms with Crippen molar-refractivity contribution in [3.63, 3.8) is 0 Å². The summed E-state index contributed by atoms with van der Waals surface area (Å²) in [6.45, 7) is 11.7. The van der Waals surface area contributed by atoms with Crippen LogP contribution in [-0.2, 0) is 22.6 Å². The topological polar surface area (TPSA) is 146 Å². The molecule has 0 fully saturated rings. The molecule has 2 unspecified atom stereocenters. The molecule has 50 heavy (non-hydrogen) atoms. The summed E-state index contributed by atoms with van der Waals surface area (Å²) in [7, 11) is 2.85. The fourth-order valence-corrected chi connectivity index (χ4v) is 6.23. The normalized spacial score (nSPS) is 15.6. The molecule has 1 heterocycles. The molecule has 0 saturated heterocycles. The first-order valence-corrected chi connectivity index (χ1v) is 16.1. The molecule has 0 aliphatic carbocycles. The van der Waals surface area contributed by atoms with Crippen molar-refractivity contribution in [2.24, 2.45) is 5.84 Å². The minimum Gasteiger partial charge on any atom is -0.496 e. The Labute approximate surface area is 295 Å². The number of halogens is 2. The van der Waals surface area contributed by atoms with Crippen LogP contribution in [0.3, 0.4) is 0 Å². The fourth-order valence-electron chi connectivity index (χ4n) is 6.07. The number of benzene rings is 3. The van der Waals surface area contributed by atoms with E-state index in [-0.39, 0.29) is 29.7 Å². The molecule has 1 aliphatic rings. The number of fused-ring (bicyclic) bond motifs is 1. The molecular formula is C36H43ClFN4O8+. The highest BCUT2D eigenvalue weighted by Crippen LogP contribution is 2.42. The Balaban J connectivity index is 2.08. The Kier molecular flexibility index (Phi) is 11.0. The summed E-state index contributed by atoms with van der Waals surface area (Å²) in [4.78, 5) is 57.7. The first-order valence-electron chi connectivity index (χ1n) is 15.7. The highest BCUT2D eigenvalue weighted by molar-refractivity contribution is 6.19. The Morgan fingerprint density at radius 3 is 2.10 bits per heavy atom. The smallest absolute Gasteiger partial charge is 0.381 e. The van der Waals surface area contributed by atoms with Crippen LogP contribution in [0.25, 0.3) is 0 Å². The SMILES string of the molecule is COc1cc(C(=O)[N+](C(=O)c2ccc(CC(=O)NN)cc2F)(N(C(=O)c2ccc3c(c2)COC(Cl)O3)C(C)(C)C)C(C)(C)C)cc(OC)c1C. The standard InChI is InChI=1S/C36H42ClFN4O8/c1-20-28(47-8)17-23(18-29(20)48-9)32(45)42(36(5,6)7,33(46)25-12-10-21(14-26(25)38)15-30(43)40-39)41(35(2,3)4)31(44)22-11-13-27-24(16-22)19-49-34(37)50-27/h10-14,16-18,34H,15,19,39H2,1-9H3/p+1. The largest absolute Gasteiger partial charge is 0.496 e. The van der Waals surface area contributed by atoms with Crippen LogP contribution in [0.4, 0.5) is 4.39 Å². The molecule has 1 aliphatic heterocycles. The van der Waals surface area contributed by atoms with E-state index in [1.54, 1.807) is 60.6 Å². The van der Waals surface area contributed by atoms with Gasteiger partial charge in [0.2, 0.25) is 5.91 Å². The Bertz CT molecular complexity index is 1810. The molecular weight excluding hydrogens is 671 g/mol. The van der Waals surface area contributed by atoms with Gasteiger partial charge in [0, 0.05) is 16.7 Å². The zero-order valence-electron chi connectivity index (χ0n) is 29.6. The Morgan fingerprint density at radius 1 is 0.960 bits per heavy atom. The van der Waals surface area contributed by atoms with Crippen LogP contribution in [0.15, 0.2) is 48.5 Å². The minimum atomic E-state index is -1.45. The van der Waals surface area contributed by atoms with Gasteiger partial charge in [0.1, 0.15) is 34.2 Å². The van der Waals surface area contributed by atoms with E-state index in [0.717, 1.165) is 6.07 Å². The maximum Gasteiger partial charge on any atom is 0.381 e. The molecule has 0 bridgehead atoms. The van der Waals surface area contributed by atoms with Crippen molar-refractivity contribution in [2.45, 2.75) is 78.3 Å². The van der Waals surface area contributed by atoms with Crippen molar-refractivity contribution in [1.29, 1.82) is 0 Å². The molecule has 3 aromatic rings. The number of alkyl halides is 1. The number of nitrogens with one attached hydrogen (secondary N) is 1. The van der Waals surface area contributed by atoms with Gasteiger partial charge in [-0.2, -0.15) is 5.01 Å². The number of ether oxygens (including phenoxy) is 4. The monoisotopic (exact) mass is 713 g/mol. The van der Waals surface area contributed by atoms with Crippen LogP contribution in [0.2, 0.25) is 0 Å². The maximum absolute atomic E-state index is 16.1. The second kappa shape index (κ2) is 14.4. The van der Waals surface area contributed by atoms with Crippen LogP contribution >= 0.6 is 11.6 Å². The van der Waals surface area contributed by atoms with Crippen molar-refractivity contribution in [2.75, 3.05) is 14.2 Å². The maximum atomic E-state index is 16.1. The van der Waals surface area contributed by atoms with Crippen molar-refractivity contribution < 1.29 is 47.1 Å². The average Bonchev–Trinajstić information content (AvgIpc) is 3.04. The van der Waals surface area contributed by atoms with Crippen molar-refractivity contribution in [1.82, 2.24) is 10.4 Å².